The minimum absolute atomic E-state index is 0.438. The molecule has 0 bridgehead atoms. The van der Waals surface area contributed by atoms with Crippen molar-refractivity contribution in [1.82, 2.24) is 14.8 Å². The molecule has 0 unspecified atom stereocenters. The van der Waals surface area contributed by atoms with Gasteiger partial charge in [-0.25, -0.2) is 4.79 Å². The minimum Gasteiger partial charge on any atom is -0.478 e. The molecule has 0 fully saturated rings. The van der Waals surface area contributed by atoms with Crippen molar-refractivity contribution >= 4 is 5.97 Å². The molecule has 0 spiro atoms. The molecule has 0 saturated carbocycles. The average Bonchev–Trinajstić information content (AvgIpc) is 3.05. The van der Waals surface area contributed by atoms with E-state index in [1.807, 2.05) is 13.8 Å². The number of carbonyl (C=O) groups is 1. The van der Waals surface area contributed by atoms with Gasteiger partial charge in [0.05, 0.1) is 5.56 Å². The zero-order valence-electron chi connectivity index (χ0n) is 22.2. The molecule has 188 valence electrons. The van der Waals surface area contributed by atoms with Gasteiger partial charge in [0.15, 0.2) is 0 Å². The van der Waals surface area contributed by atoms with Crippen LogP contribution in [0.25, 0.3) is 0 Å². The van der Waals surface area contributed by atoms with Gasteiger partial charge in [0, 0.05) is 42.6 Å². The van der Waals surface area contributed by atoms with Crippen LogP contribution in [0.2, 0.25) is 0 Å². The maximum atomic E-state index is 12.2. The third-order valence-electron chi connectivity index (χ3n) is 7.02. The Balaban J connectivity index is 1.64. The van der Waals surface area contributed by atoms with Gasteiger partial charge in [-0.3, -0.25) is 4.90 Å². The Morgan fingerprint density at radius 2 is 1.74 bits per heavy atom. The van der Waals surface area contributed by atoms with Crippen LogP contribution < -0.4 is 5.32 Å². The molecule has 0 aliphatic rings. The molecule has 0 aliphatic carbocycles. The second-order valence-corrected chi connectivity index (χ2v) is 9.93. The molecule has 0 atom stereocenters. The van der Waals surface area contributed by atoms with Crippen LogP contribution in [-0.4, -0.2) is 39.7 Å². The fraction of sp³-hybridized carbons (Fsp3) is 0.433. The number of aromatic carboxylic acids is 1. The van der Waals surface area contributed by atoms with Gasteiger partial charge >= 0.3 is 5.97 Å². The Morgan fingerprint density at radius 3 is 2.40 bits per heavy atom. The van der Waals surface area contributed by atoms with Crippen LogP contribution in [0.3, 0.4) is 0 Å². The van der Waals surface area contributed by atoms with Crippen LogP contribution in [-0.2, 0) is 19.6 Å². The molecule has 0 saturated heterocycles. The van der Waals surface area contributed by atoms with Crippen molar-refractivity contribution in [3.05, 3.63) is 93.3 Å². The largest absolute Gasteiger partial charge is 0.478 e. The second-order valence-electron chi connectivity index (χ2n) is 9.93. The highest BCUT2D eigenvalue weighted by molar-refractivity contribution is 5.91. The highest BCUT2D eigenvalue weighted by atomic mass is 16.4. The lowest BCUT2D eigenvalue weighted by Crippen LogP contribution is -2.33. The van der Waals surface area contributed by atoms with Crippen molar-refractivity contribution < 1.29 is 9.90 Å². The van der Waals surface area contributed by atoms with Gasteiger partial charge in [0.1, 0.15) is 0 Å². The Labute approximate surface area is 210 Å². The SMILES string of the molecule is Cc1ccc(C)c(Cn2c(C)c(CNCCCN(Cc3ccccc3)C(C)C)c(C(=O)O)c2C)c1. The molecule has 0 aliphatic heterocycles. The van der Waals surface area contributed by atoms with E-state index in [9.17, 15) is 9.90 Å². The fourth-order valence-corrected chi connectivity index (χ4v) is 4.79. The summed E-state index contributed by atoms with van der Waals surface area (Å²) in [6, 6.07) is 17.5. The van der Waals surface area contributed by atoms with Crippen LogP contribution in [0, 0.1) is 27.7 Å². The number of hydrogen-bond donors (Lipinski definition) is 2. The van der Waals surface area contributed by atoms with Crippen molar-refractivity contribution in [3.8, 4) is 0 Å². The molecule has 2 aromatic carbocycles. The van der Waals surface area contributed by atoms with Crippen LogP contribution in [0.1, 0.15) is 69.8 Å². The first-order valence-electron chi connectivity index (χ1n) is 12.7. The minimum atomic E-state index is -0.851. The van der Waals surface area contributed by atoms with Gasteiger partial charge in [-0.1, -0.05) is 54.1 Å². The van der Waals surface area contributed by atoms with Crippen molar-refractivity contribution in [1.29, 1.82) is 0 Å². The quantitative estimate of drug-likeness (QED) is 0.322. The first-order valence-corrected chi connectivity index (χ1v) is 12.7. The highest BCUT2D eigenvalue weighted by Gasteiger charge is 2.22. The van der Waals surface area contributed by atoms with E-state index in [1.54, 1.807) is 0 Å². The monoisotopic (exact) mass is 475 g/mol. The third-order valence-corrected chi connectivity index (χ3v) is 7.02. The number of rotatable bonds is 12. The summed E-state index contributed by atoms with van der Waals surface area (Å²) in [5.41, 5.74) is 8.19. The fourth-order valence-electron chi connectivity index (χ4n) is 4.79. The summed E-state index contributed by atoms with van der Waals surface area (Å²) in [6.07, 6.45) is 1.01. The molecule has 0 amide bonds. The number of nitrogens with one attached hydrogen (secondary N) is 1. The molecular formula is C30H41N3O2. The number of benzene rings is 2. The topological polar surface area (TPSA) is 57.5 Å². The standard InChI is InChI=1S/C30H41N3O2/c1-21(2)32(19-26-11-8-7-9-12-26)16-10-15-31-18-28-24(5)33(25(6)29(28)30(34)35)20-27-17-22(3)13-14-23(27)4/h7-9,11-14,17,21,31H,10,15-16,18-20H2,1-6H3,(H,34,35). The maximum Gasteiger partial charge on any atom is 0.337 e. The summed E-state index contributed by atoms with van der Waals surface area (Å²) >= 11 is 0. The van der Waals surface area contributed by atoms with Crippen molar-refractivity contribution in [2.75, 3.05) is 13.1 Å². The second kappa shape index (κ2) is 12.2. The summed E-state index contributed by atoms with van der Waals surface area (Å²) in [5.74, 6) is -0.851. The van der Waals surface area contributed by atoms with E-state index in [2.05, 4.69) is 91.0 Å². The number of carboxylic acid groups (broad SMARTS) is 1. The van der Waals surface area contributed by atoms with Crippen molar-refractivity contribution in [2.24, 2.45) is 0 Å². The number of carboxylic acids is 1. The zero-order chi connectivity index (χ0) is 25.5. The molecule has 1 aromatic heterocycles. The Morgan fingerprint density at radius 1 is 1.03 bits per heavy atom. The van der Waals surface area contributed by atoms with Gasteiger partial charge in [-0.2, -0.15) is 0 Å². The van der Waals surface area contributed by atoms with E-state index in [-0.39, 0.29) is 0 Å². The van der Waals surface area contributed by atoms with E-state index in [1.165, 1.54) is 22.3 Å². The third kappa shape index (κ3) is 6.83. The molecular weight excluding hydrogens is 434 g/mol. The average molecular weight is 476 g/mol. The van der Waals surface area contributed by atoms with E-state index in [0.29, 0.717) is 24.7 Å². The zero-order valence-corrected chi connectivity index (χ0v) is 22.2. The predicted octanol–water partition coefficient (Wildman–Crippen LogP) is 5.86. The summed E-state index contributed by atoms with van der Waals surface area (Å²) in [7, 11) is 0. The van der Waals surface area contributed by atoms with Crippen LogP contribution in [0.4, 0.5) is 0 Å². The summed E-state index contributed by atoms with van der Waals surface area (Å²) in [6.45, 7) is 16.7. The lowest BCUT2D eigenvalue weighted by Gasteiger charge is -2.26. The number of nitrogens with zero attached hydrogens (tertiary/aromatic N) is 2. The molecule has 3 aromatic rings. The van der Waals surface area contributed by atoms with Crippen LogP contribution in [0.5, 0.6) is 0 Å². The molecule has 3 rings (SSSR count). The van der Waals surface area contributed by atoms with E-state index >= 15 is 0 Å². The summed E-state index contributed by atoms with van der Waals surface area (Å²) in [5, 5.41) is 13.5. The smallest absolute Gasteiger partial charge is 0.337 e. The normalized spacial score (nSPS) is 11.5. The number of aryl methyl sites for hydroxylation is 2. The highest BCUT2D eigenvalue weighted by Crippen LogP contribution is 2.25. The molecule has 1 heterocycles. The van der Waals surface area contributed by atoms with Gasteiger partial charge in [0.2, 0.25) is 0 Å². The summed E-state index contributed by atoms with van der Waals surface area (Å²) < 4.78 is 2.16. The Hall–Kier alpha value is -2.89. The van der Waals surface area contributed by atoms with Crippen molar-refractivity contribution in [3.63, 3.8) is 0 Å². The van der Waals surface area contributed by atoms with Gasteiger partial charge in [-0.05, 0) is 77.7 Å². The number of aromatic nitrogens is 1. The molecule has 35 heavy (non-hydrogen) atoms. The van der Waals surface area contributed by atoms with Gasteiger partial charge < -0.3 is 15.0 Å². The maximum absolute atomic E-state index is 12.2. The lowest BCUT2D eigenvalue weighted by atomic mass is 10.1. The first-order chi connectivity index (χ1) is 16.7. The first kappa shape index (κ1) is 26.7. The predicted molar refractivity (Wildman–Crippen MR) is 144 cm³/mol. The molecule has 0 radical (unpaired) electrons. The van der Waals surface area contributed by atoms with Gasteiger partial charge in [-0.15, -0.1) is 0 Å². The Kier molecular flexibility index (Phi) is 9.30. The Bertz CT molecular complexity index is 1130. The van der Waals surface area contributed by atoms with E-state index in [4.69, 9.17) is 0 Å². The van der Waals surface area contributed by atoms with Crippen LogP contribution >= 0.6 is 0 Å². The van der Waals surface area contributed by atoms with E-state index < -0.39 is 5.97 Å². The molecule has 5 heteroatoms. The number of hydrogen-bond acceptors (Lipinski definition) is 3. The molecule has 2 N–H and O–H groups in total. The van der Waals surface area contributed by atoms with E-state index in [0.717, 1.165) is 43.0 Å². The van der Waals surface area contributed by atoms with Crippen molar-refractivity contribution in [2.45, 2.75) is 73.6 Å². The lowest BCUT2D eigenvalue weighted by molar-refractivity contribution is 0.0694. The molecule has 5 nitrogen and oxygen atoms in total. The van der Waals surface area contributed by atoms with Crippen LogP contribution in [0.15, 0.2) is 48.5 Å². The van der Waals surface area contributed by atoms with Gasteiger partial charge in [0.25, 0.3) is 0 Å². The summed E-state index contributed by atoms with van der Waals surface area (Å²) in [4.78, 5) is 14.6.